The van der Waals surface area contributed by atoms with Crippen LogP contribution in [-0.2, 0) is 9.53 Å². The number of anilines is 1. The standard InChI is InChI=1S/C9H12N2O2/c1-7-3-4-8(10-5-7)11-9(12)6-13-2/h3-5H,6H2,1-2H3,(H,10,11,12). The summed E-state index contributed by atoms with van der Waals surface area (Å²) in [5, 5.41) is 2.60. The third kappa shape index (κ3) is 3.21. The first kappa shape index (κ1) is 9.67. The zero-order valence-electron chi connectivity index (χ0n) is 7.70. The van der Waals surface area contributed by atoms with Gasteiger partial charge in [0, 0.05) is 13.3 Å². The largest absolute Gasteiger partial charge is 0.375 e. The highest BCUT2D eigenvalue weighted by Gasteiger charge is 2.00. The van der Waals surface area contributed by atoms with Gasteiger partial charge in [-0.25, -0.2) is 4.98 Å². The zero-order chi connectivity index (χ0) is 9.68. The molecule has 0 aliphatic heterocycles. The lowest BCUT2D eigenvalue weighted by Crippen LogP contribution is -2.17. The number of hydrogen-bond donors (Lipinski definition) is 1. The predicted molar refractivity (Wildman–Crippen MR) is 49.5 cm³/mol. The smallest absolute Gasteiger partial charge is 0.251 e. The van der Waals surface area contributed by atoms with Gasteiger partial charge in [0.2, 0.25) is 0 Å². The van der Waals surface area contributed by atoms with Crippen molar-refractivity contribution in [2.45, 2.75) is 6.92 Å². The lowest BCUT2D eigenvalue weighted by Gasteiger charge is -2.02. The van der Waals surface area contributed by atoms with Crippen molar-refractivity contribution >= 4 is 11.7 Å². The molecule has 0 bridgehead atoms. The highest BCUT2D eigenvalue weighted by atomic mass is 16.5. The van der Waals surface area contributed by atoms with Crippen LogP contribution in [0.25, 0.3) is 0 Å². The Kier molecular flexibility index (Phi) is 3.40. The Morgan fingerprint density at radius 3 is 2.92 bits per heavy atom. The fourth-order valence-electron chi connectivity index (χ4n) is 0.852. The van der Waals surface area contributed by atoms with E-state index < -0.39 is 0 Å². The monoisotopic (exact) mass is 180 g/mol. The molecule has 4 heteroatoms. The van der Waals surface area contributed by atoms with Gasteiger partial charge in [0.1, 0.15) is 12.4 Å². The first-order valence-electron chi connectivity index (χ1n) is 3.94. The second-order valence-electron chi connectivity index (χ2n) is 2.70. The van der Waals surface area contributed by atoms with Gasteiger partial charge in [-0.15, -0.1) is 0 Å². The average molecular weight is 180 g/mol. The summed E-state index contributed by atoms with van der Waals surface area (Å²) in [6.45, 7) is 1.99. The third-order valence-corrected chi connectivity index (χ3v) is 1.45. The molecular weight excluding hydrogens is 168 g/mol. The van der Waals surface area contributed by atoms with Crippen LogP contribution < -0.4 is 5.32 Å². The molecular formula is C9H12N2O2. The molecule has 1 aromatic rings. The van der Waals surface area contributed by atoms with Crippen molar-refractivity contribution in [2.24, 2.45) is 0 Å². The van der Waals surface area contributed by atoms with Crippen molar-refractivity contribution in [3.8, 4) is 0 Å². The summed E-state index contributed by atoms with van der Waals surface area (Å²) < 4.78 is 4.66. The van der Waals surface area contributed by atoms with E-state index in [1.807, 2.05) is 13.0 Å². The fraction of sp³-hybridized carbons (Fsp3) is 0.333. The van der Waals surface area contributed by atoms with Crippen LogP contribution in [0.2, 0.25) is 0 Å². The highest BCUT2D eigenvalue weighted by Crippen LogP contribution is 2.03. The van der Waals surface area contributed by atoms with Gasteiger partial charge >= 0.3 is 0 Å². The summed E-state index contributed by atoms with van der Waals surface area (Å²) in [7, 11) is 1.47. The van der Waals surface area contributed by atoms with Crippen LogP contribution in [0.3, 0.4) is 0 Å². The molecule has 0 saturated carbocycles. The minimum atomic E-state index is -0.196. The first-order valence-corrected chi connectivity index (χ1v) is 3.94. The first-order chi connectivity index (χ1) is 6.22. The molecule has 1 aromatic heterocycles. The van der Waals surface area contributed by atoms with E-state index in [4.69, 9.17) is 0 Å². The second-order valence-corrected chi connectivity index (χ2v) is 2.70. The highest BCUT2D eigenvalue weighted by molar-refractivity contribution is 5.90. The maximum absolute atomic E-state index is 11.0. The molecule has 0 aliphatic rings. The van der Waals surface area contributed by atoms with Crippen molar-refractivity contribution in [2.75, 3.05) is 19.0 Å². The topological polar surface area (TPSA) is 51.2 Å². The molecule has 0 unspecified atom stereocenters. The van der Waals surface area contributed by atoms with E-state index in [9.17, 15) is 4.79 Å². The lowest BCUT2D eigenvalue weighted by atomic mass is 10.3. The number of rotatable bonds is 3. The van der Waals surface area contributed by atoms with E-state index >= 15 is 0 Å². The van der Waals surface area contributed by atoms with Gasteiger partial charge in [-0.3, -0.25) is 4.79 Å². The molecule has 1 N–H and O–H groups in total. The zero-order valence-corrected chi connectivity index (χ0v) is 7.70. The van der Waals surface area contributed by atoms with E-state index in [1.54, 1.807) is 12.3 Å². The lowest BCUT2D eigenvalue weighted by molar-refractivity contribution is -0.119. The molecule has 0 saturated heterocycles. The number of carbonyl (C=O) groups is 1. The van der Waals surface area contributed by atoms with Gasteiger partial charge in [-0.05, 0) is 18.6 Å². The third-order valence-electron chi connectivity index (χ3n) is 1.45. The van der Waals surface area contributed by atoms with E-state index in [0.29, 0.717) is 5.82 Å². The Balaban J connectivity index is 2.54. The molecule has 70 valence electrons. The number of nitrogens with one attached hydrogen (secondary N) is 1. The van der Waals surface area contributed by atoms with Gasteiger partial charge in [0.15, 0.2) is 0 Å². The fourth-order valence-corrected chi connectivity index (χ4v) is 0.852. The van der Waals surface area contributed by atoms with Crippen LogP contribution >= 0.6 is 0 Å². The van der Waals surface area contributed by atoms with Crippen LogP contribution in [0.1, 0.15) is 5.56 Å². The Morgan fingerprint density at radius 1 is 1.62 bits per heavy atom. The quantitative estimate of drug-likeness (QED) is 0.754. The van der Waals surface area contributed by atoms with Gasteiger partial charge in [0.05, 0.1) is 0 Å². The molecule has 0 fully saturated rings. The number of aryl methyl sites for hydroxylation is 1. The summed E-state index contributed by atoms with van der Waals surface area (Å²) >= 11 is 0. The number of aromatic nitrogens is 1. The van der Waals surface area contributed by atoms with Crippen LogP contribution in [0, 0.1) is 6.92 Å². The Bertz CT molecular complexity index is 282. The second kappa shape index (κ2) is 4.57. The van der Waals surface area contributed by atoms with Crippen molar-refractivity contribution in [3.05, 3.63) is 23.9 Å². The van der Waals surface area contributed by atoms with Gasteiger partial charge in [0.25, 0.3) is 5.91 Å². The molecule has 1 amide bonds. The Hall–Kier alpha value is -1.42. The molecule has 0 aromatic carbocycles. The van der Waals surface area contributed by atoms with E-state index in [1.165, 1.54) is 7.11 Å². The van der Waals surface area contributed by atoms with E-state index in [0.717, 1.165) is 5.56 Å². The molecule has 1 heterocycles. The van der Waals surface area contributed by atoms with Crippen LogP contribution in [0.5, 0.6) is 0 Å². The number of amides is 1. The number of ether oxygens (including phenoxy) is 1. The predicted octanol–water partition coefficient (Wildman–Crippen LogP) is 0.975. The van der Waals surface area contributed by atoms with E-state index in [-0.39, 0.29) is 12.5 Å². The number of carbonyl (C=O) groups excluding carboxylic acids is 1. The van der Waals surface area contributed by atoms with Gasteiger partial charge in [-0.1, -0.05) is 6.07 Å². The molecule has 1 rings (SSSR count). The van der Waals surface area contributed by atoms with Crippen LogP contribution in [0.4, 0.5) is 5.82 Å². The van der Waals surface area contributed by atoms with Gasteiger partial charge in [-0.2, -0.15) is 0 Å². The maximum Gasteiger partial charge on any atom is 0.251 e. The molecule has 0 spiro atoms. The molecule has 0 radical (unpaired) electrons. The summed E-state index contributed by atoms with van der Waals surface area (Å²) in [6.07, 6.45) is 1.70. The van der Waals surface area contributed by atoms with Crippen molar-refractivity contribution in [1.29, 1.82) is 0 Å². The van der Waals surface area contributed by atoms with Crippen molar-refractivity contribution < 1.29 is 9.53 Å². The molecule has 0 atom stereocenters. The van der Waals surface area contributed by atoms with Crippen molar-refractivity contribution in [3.63, 3.8) is 0 Å². The summed E-state index contributed by atoms with van der Waals surface area (Å²) in [5.41, 5.74) is 1.06. The van der Waals surface area contributed by atoms with Crippen molar-refractivity contribution in [1.82, 2.24) is 4.98 Å². The number of pyridine rings is 1. The summed E-state index contributed by atoms with van der Waals surface area (Å²) in [4.78, 5) is 15.0. The minimum absolute atomic E-state index is 0.0511. The van der Waals surface area contributed by atoms with Crippen LogP contribution in [-0.4, -0.2) is 24.6 Å². The maximum atomic E-state index is 11.0. The van der Waals surface area contributed by atoms with E-state index in [2.05, 4.69) is 15.0 Å². The number of hydrogen-bond acceptors (Lipinski definition) is 3. The number of methoxy groups -OCH3 is 1. The SMILES string of the molecule is COCC(=O)Nc1ccc(C)cn1. The van der Waals surface area contributed by atoms with Gasteiger partial charge < -0.3 is 10.1 Å². The molecule has 13 heavy (non-hydrogen) atoms. The summed E-state index contributed by atoms with van der Waals surface area (Å²) in [6, 6.07) is 3.64. The Labute approximate surface area is 76.9 Å². The Morgan fingerprint density at radius 2 is 2.38 bits per heavy atom. The van der Waals surface area contributed by atoms with Crippen LogP contribution in [0.15, 0.2) is 18.3 Å². The molecule has 0 aliphatic carbocycles. The molecule has 4 nitrogen and oxygen atoms in total. The number of nitrogens with zero attached hydrogens (tertiary/aromatic N) is 1. The summed E-state index contributed by atoms with van der Waals surface area (Å²) in [5.74, 6) is 0.353. The normalized spacial score (nSPS) is 9.69. The minimum Gasteiger partial charge on any atom is -0.375 e. The average Bonchev–Trinajstić information content (AvgIpc) is 2.09.